The number of nitrogens with two attached hydrogens (primary N) is 1. The van der Waals surface area contributed by atoms with Crippen LogP contribution in [-0.4, -0.2) is 29.9 Å². The lowest BCUT2D eigenvalue weighted by atomic mass is 10.1. The number of hydrogen-bond donors (Lipinski definition) is 1. The van der Waals surface area contributed by atoms with Crippen LogP contribution in [0.2, 0.25) is 0 Å². The van der Waals surface area contributed by atoms with Crippen molar-refractivity contribution >= 4 is 17.5 Å². The highest BCUT2D eigenvalue weighted by Gasteiger charge is 2.34. The van der Waals surface area contributed by atoms with Gasteiger partial charge in [0.05, 0.1) is 17.7 Å². The molecule has 0 saturated carbocycles. The number of alkyl halides is 1. The number of imide groups is 1. The van der Waals surface area contributed by atoms with Gasteiger partial charge in [-0.25, -0.2) is 4.39 Å². The van der Waals surface area contributed by atoms with E-state index >= 15 is 0 Å². The molecular weight excluding hydrogens is 199 g/mol. The predicted molar refractivity (Wildman–Crippen MR) is 52.2 cm³/mol. The van der Waals surface area contributed by atoms with Gasteiger partial charge in [-0.05, 0) is 18.2 Å². The van der Waals surface area contributed by atoms with E-state index in [9.17, 15) is 14.0 Å². The first-order chi connectivity index (χ1) is 7.15. The van der Waals surface area contributed by atoms with Gasteiger partial charge in [-0.1, -0.05) is 0 Å². The quantitative estimate of drug-likeness (QED) is 0.578. The van der Waals surface area contributed by atoms with E-state index in [1.807, 2.05) is 0 Å². The number of nitrogens with zero attached hydrogens (tertiary/aromatic N) is 1. The van der Waals surface area contributed by atoms with Crippen molar-refractivity contribution < 1.29 is 14.0 Å². The maximum atomic E-state index is 12.1. The van der Waals surface area contributed by atoms with Crippen LogP contribution in [0.4, 0.5) is 10.1 Å². The second kappa shape index (κ2) is 3.34. The molecule has 0 radical (unpaired) electrons. The van der Waals surface area contributed by atoms with Crippen molar-refractivity contribution in [1.82, 2.24) is 4.90 Å². The molecule has 0 aromatic heterocycles. The Morgan fingerprint density at radius 1 is 1.20 bits per heavy atom. The Kier molecular flexibility index (Phi) is 2.15. The van der Waals surface area contributed by atoms with E-state index in [1.165, 1.54) is 12.1 Å². The molecule has 2 rings (SSSR count). The van der Waals surface area contributed by atoms with Gasteiger partial charge in [0.15, 0.2) is 0 Å². The van der Waals surface area contributed by atoms with E-state index in [1.54, 1.807) is 6.07 Å². The third kappa shape index (κ3) is 1.36. The topological polar surface area (TPSA) is 63.4 Å². The number of anilines is 1. The van der Waals surface area contributed by atoms with Gasteiger partial charge < -0.3 is 5.73 Å². The van der Waals surface area contributed by atoms with Crippen molar-refractivity contribution in [3.8, 4) is 0 Å². The number of amides is 2. The van der Waals surface area contributed by atoms with E-state index in [4.69, 9.17) is 5.73 Å². The molecule has 4 nitrogen and oxygen atoms in total. The maximum absolute atomic E-state index is 12.1. The zero-order valence-electron chi connectivity index (χ0n) is 7.87. The van der Waals surface area contributed by atoms with Crippen LogP contribution in [0.15, 0.2) is 18.2 Å². The molecule has 78 valence electrons. The van der Waals surface area contributed by atoms with Crippen LogP contribution in [0, 0.1) is 0 Å². The van der Waals surface area contributed by atoms with Gasteiger partial charge in [0.1, 0.15) is 6.67 Å². The number of carbonyl (C=O) groups is 2. The van der Waals surface area contributed by atoms with Crippen LogP contribution < -0.4 is 5.73 Å². The first kappa shape index (κ1) is 9.64. The summed E-state index contributed by atoms with van der Waals surface area (Å²) in [5, 5.41) is 0. The fraction of sp³-hybridized carbons (Fsp3) is 0.200. The highest BCUT2D eigenvalue weighted by molar-refractivity contribution is 6.21. The summed E-state index contributed by atoms with van der Waals surface area (Å²) in [5.74, 6) is -0.924. The standard InChI is InChI=1S/C10H9FN2O2/c11-3-4-13-9(14)7-2-1-6(12)5-8(7)10(13)15/h1-2,5H,3-4,12H2. The summed E-state index contributed by atoms with van der Waals surface area (Å²) in [6.07, 6.45) is 0. The lowest BCUT2D eigenvalue weighted by Crippen LogP contribution is -2.31. The Morgan fingerprint density at radius 3 is 2.53 bits per heavy atom. The predicted octanol–water partition coefficient (Wildman–Crippen LogP) is 0.834. The fourth-order valence-corrected chi connectivity index (χ4v) is 1.60. The minimum atomic E-state index is -0.735. The van der Waals surface area contributed by atoms with Crippen LogP contribution in [0.25, 0.3) is 0 Å². The molecule has 0 bridgehead atoms. The Morgan fingerprint density at radius 2 is 1.87 bits per heavy atom. The number of rotatable bonds is 2. The summed E-state index contributed by atoms with van der Waals surface area (Å²) in [4.78, 5) is 24.1. The largest absolute Gasteiger partial charge is 0.399 e. The molecule has 1 heterocycles. The molecule has 1 aliphatic heterocycles. The molecular formula is C10H9FN2O2. The Balaban J connectivity index is 2.46. The number of hydrogen-bond acceptors (Lipinski definition) is 3. The van der Waals surface area contributed by atoms with Crippen molar-refractivity contribution in [3.63, 3.8) is 0 Å². The number of fused-ring (bicyclic) bond motifs is 1. The van der Waals surface area contributed by atoms with Crippen molar-refractivity contribution in [1.29, 1.82) is 0 Å². The summed E-state index contributed by atoms with van der Waals surface area (Å²) in [7, 11) is 0. The fourth-order valence-electron chi connectivity index (χ4n) is 1.60. The van der Waals surface area contributed by atoms with Gasteiger partial charge in [0, 0.05) is 5.69 Å². The molecule has 0 saturated heterocycles. The SMILES string of the molecule is Nc1ccc2c(c1)C(=O)N(CCF)C2=O. The minimum absolute atomic E-state index is 0.202. The van der Waals surface area contributed by atoms with Crippen LogP contribution >= 0.6 is 0 Å². The lowest BCUT2D eigenvalue weighted by molar-refractivity contribution is 0.0644. The van der Waals surface area contributed by atoms with E-state index in [-0.39, 0.29) is 12.1 Å². The van der Waals surface area contributed by atoms with Gasteiger partial charge in [-0.2, -0.15) is 0 Å². The van der Waals surface area contributed by atoms with Crippen molar-refractivity contribution in [2.24, 2.45) is 0 Å². The third-order valence-electron chi connectivity index (χ3n) is 2.30. The lowest BCUT2D eigenvalue weighted by Gasteiger charge is -2.09. The van der Waals surface area contributed by atoms with Crippen molar-refractivity contribution in [3.05, 3.63) is 29.3 Å². The highest BCUT2D eigenvalue weighted by Crippen LogP contribution is 2.24. The third-order valence-corrected chi connectivity index (χ3v) is 2.30. The summed E-state index contributed by atoms with van der Waals surface area (Å²) in [6.45, 7) is -0.937. The summed E-state index contributed by atoms with van der Waals surface area (Å²) >= 11 is 0. The minimum Gasteiger partial charge on any atom is -0.399 e. The first-order valence-electron chi connectivity index (χ1n) is 4.47. The molecule has 15 heavy (non-hydrogen) atoms. The number of nitrogen functional groups attached to an aromatic ring is 1. The maximum Gasteiger partial charge on any atom is 0.261 e. The molecule has 2 N–H and O–H groups in total. The van der Waals surface area contributed by atoms with Crippen LogP contribution in [0.3, 0.4) is 0 Å². The molecule has 1 aliphatic rings. The molecule has 5 heteroatoms. The van der Waals surface area contributed by atoms with Gasteiger partial charge in [-0.15, -0.1) is 0 Å². The molecule has 0 unspecified atom stereocenters. The van der Waals surface area contributed by atoms with Crippen LogP contribution in [0.5, 0.6) is 0 Å². The smallest absolute Gasteiger partial charge is 0.261 e. The second-order valence-corrected chi connectivity index (χ2v) is 3.26. The number of halogens is 1. The van der Waals surface area contributed by atoms with Crippen molar-refractivity contribution in [2.75, 3.05) is 19.0 Å². The van der Waals surface area contributed by atoms with E-state index in [0.29, 0.717) is 11.3 Å². The molecule has 1 aromatic rings. The average Bonchev–Trinajstić information content (AvgIpc) is 2.44. The number of benzene rings is 1. The molecule has 0 atom stereocenters. The zero-order chi connectivity index (χ0) is 11.0. The highest BCUT2D eigenvalue weighted by atomic mass is 19.1. The average molecular weight is 208 g/mol. The van der Waals surface area contributed by atoms with Gasteiger partial charge in [0.2, 0.25) is 0 Å². The van der Waals surface area contributed by atoms with Gasteiger partial charge >= 0.3 is 0 Å². The van der Waals surface area contributed by atoms with Crippen molar-refractivity contribution in [2.45, 2.75) is 0 Å². The molecule has 0 aliphatic carbocycles. The van der Waals surface area contributed by atoms with Gasteiger partial charge in [-0.3, -0.25) is 14.5 Å². The zero-order valence-corrected chi connectivity index (χ0v) is 7.87. The normalized spacial score (nSPS) is 14.6. The number of carbonyl (C=O) groups excluding carboxylic acids is 2. The molecule has 2 amide bonds. The first-order valence-corrected chi connectivity index (χ1v) is 4.47. The Hall–Kier alpha value is -1.91. The summed E-state index contributed by atoms with van der Waals surface area (Å²) in [6, 6.07) is 4.47. The summed E-state index contributed by atoms with van der Waals surface area (Å²) < 4.78 is 12.1. The van der Waals surface area contributed by atoms with E-state index in [0.717, 1.165) is 4.90 Å². The van der Waals surface area contributed by atoms with Crippen LogP contribution in [0.1, 0.15) is 20.7 Å². The van der Waals surface area contributed by atoms with Crippen LogP contribution in [-0.2, 0) is 0 Å². The molecule has 1 aromatic carbocycles. The Labute approximate surface area is 85.5 Å². The Bertz CT molecular complexity index is 445. The van der Waals surface area contributed by atoms with E-state index < -0.39 is 18.5 Å². The second-order valence-electron chi connectivity index (χ2n) is 3.26. The molecule has 0 fully saturated rings. The van der Waals surface area contributed by atoms with Gasteiger partial charge in [0.25, 0.3) is 11.8 Å². The summed E-state index contributed by atoms with van der Waals surface area (Å²) in [5.41, 5.74) is 6.47. The monoisotopic (exact) mass is 208 g/mol. The van der Waals surface area contributed by atoms with E-state index in [2.05, 4.69) is 0 Å². The molecule has 0 spiro atoms.